The molecule has 2 aromatic rings. The molecule has 0 N–H and O–H groups in total. The lowest BCUT2D eigenvalue weighted by Crippen LogP contribution is -2.02. The average Bonchev–Trinajstić information content (AvgIpc) is 2.86. The Morgan fingerprint density at radius 3 is 1.38 bits per heavy atom. The van der Waals surface area contributed by atoms with Gasteiger partial charge < -0.3 is 18.9 Å². The lowest BCUT2D eigenvalue weighted by Gasteiger charge is -2.07. The van der Waals surface area contributed by atoms with Crippen LogP contribution in [0.5, 0.6) is 11.5 Å². The molecule has 2 rings (SSSR count). The maximum absolute atomic E-state index is 11.8. The summed E-state index contributed by atoms with van der Waals surface area (Å²) < 4.78 is 21.6. The lowest BCUT2D eigenvalue weighted by molar-refractivity contribution is -0.140. The van der Waals surface area contributed by atoms with E-state index in [-0.39, 0.29) is 13.2 Å². The van der Waals surface area contributed by atoms with Gasteiger partial charge in [0.25, 0.3) is 0 Å². The number of hydrogen-bond donors (Lipinski definition) is 0. The minimum atomic E-state index is -0.498. The predicted octanol–water partition coefficient (Wildman–Crippen LogP) is 5.94. The molecule has 0 unspecified atom stereocenters. The molecule has 6 nitrogen and oxygen atoms in total. The van der Waals surface area contributed by atoms with E-state index in [0.29, 0.717) is 13.2 Å². The molecule has 0 aliphatic carbocycles. The van der Waals surface area contributed by atoms with E-state index >= 15 is 0 Å². The molecule has 0 saturated carbocycles. The van der Waals surface area contributed by atoms with Crippen molar-refractivity contribution in [2.24, 2.45) is 0 Å². The smallest absolute Gasteiger partial charge is 0.331 e. The summed E-state index contributed by atoms with van der Waals surface area (Å²) in [5.74, 6) is 0.604. The van der Waals surface area contributed by atoms with E-state index in [2.05, 4.69) is 13.8 Å². The van der Waals surface area contributed by atoms with Crippen LogP contribution in [0.25, 0.3) is 0 Å². The zero-order valence-corrected chi connectivity index (χ0v) is 20.0. The fourth-order valence-electron chi connectivity index (χ4n) is 2.71. The number of esters is 2. The molecule has 0 aromatic heterocycles. The number of rotatable bonds is 15. The number of hydrogen-bond acceptors (Lipinski definition) is 6. The monoisotopic (exact) mass is 466 g/mol. The van der Waals surface area contributed by atoms with Gasteiger partial charge in [0.05, 0.1) is 13.2 Å². The van der Waals surface area contributed by atoms with Gasteiger partial charge in [-0.05, 0) is 48.2 Å². The van der Waals surface area contributed by atoms with Gasteiger partial charge in [-0.3, -0.25) is 0 Å². The molecule has 2 aromatic carbocycles. The van der Waals surface area contributed by atoms with Crippen molar-refractivity contribution in [3.63, 3.8) is 0 Å². The van der Waals surface area contributed by atoms with Crippen molar-refractivity contribution in [2.75, 3.05) is 13.2 Å². The maximum Gasteiger partial charge on any atom is 0.331 e. The molecule has 0 bridgehead atoms. The molecule has 0 heterocycles. The Morgan fingerprint density at radius 1 is 0.647 bits per heavy atom. The zero-order chi connectivity index (χ0) is 24.4. The number of unbranched alkanes of at least 4 members (excludes halogenated alkanes) is 2. The molecule has 0 aliphatic rings. The first kappa shape index (κ1) is 26.7. The van der Waals surface area contributed by atoms with E-state index in [1.54, 1.807) is 0 Å². The van der Waals surface area contributed by atoms with Crippen LogP contribution in [0, 0.1) is 0 Å². The second kappa shape index (κ2) is 16.1. The zero-order valence-electron chi connectivity index (χ0n) is 20.0. The first-order valence-corrected chi connectivity index (χ1v) is 11.7. The van der Waals surface area contributed by atoms with Gasteiger partial charge >= 0.3 is 11.9 Å². The summed E-state index contributed by atoms with van der Waals surface area (Å²) >= 11 is 0. The van der Waals surface area contributed by atoms with E-state index in [1.165, 1.54) is 24.3 Å². The van der Waals surface area contributed by atoms with Gasteiger partial charge in [-0.25, -0.2) is 9.59 Å². The summed E-state index contributed by atoms with van der Waals surface area (Å²) in [6.07, 6.45) is 9.59. The second-order valence-corrected chi connectivity index (χ2v) is 7.63. The summed E-state index contributed by atoms with van der Waals surface area (Å²) in [7, 11) is 0. The summed E-state index contributed by atoms with van der Waals surface area (Å²) in [5.41, 5.74) is 1.73. The molecular weight excluding hydrogens is 432 g/mol. The van der Waals surface area contributed by atoms with E-state index in [1.807, 2.05) is 48.5 Å². The molecular formula is C28H34O6. The minimum absolute atomic E-state index is 0.159. The van der Waals surface area contributed by atoms with Crippen molar-refractivity contribution in [3.8, 4) is 11.5 Å². The molecule has 0 fully saturated rings. The van der Waals surface area contributed by atoms with Crippen LogP contribution in [-0.2, 0) is 32.3 Å². The number of carbonyl (C=O) groups excluding carboxylic acids is 2. The summed E-state index contributed by atoms with van der Waals surface area (Å²) in [6, 6.07) is 14.9. The van der Waals surface area contributed by atoms with Crippen molar-refractivity contribution >= 4 is 11.9 Å². The normalized spacial score (nSPS) is 11.0. The standard InChI is InChI=1S/C28H34O6/c1-3-5-19-31-25-15-11-23(12-16-25)21-33-27(29)9-7-8-10-28(30)34-22-24-13-17-26(18-14-24)32-20-6-4-2/h7-18H,3-6,19-22H2,1-2H3/b9-7+,10-8+. The largest absolute Gasteiger partial charge is 0.494 e. The Balaban J connectivity index is 1.64. The fraction of sp³-hybridized carbons (Fsp3) is 0.357. The molecule has 0 spiro atoms. The van der Waals surface area contributed by atoms with Crippen LogP contribution in [0.15, 0.2) is 72.8 Å². The Morgan fingerprint density at radius 2 is 1.03 bits per heavy atom. The van der Waals surface area contributed by atoms with Gasteiger partial charge in [0.1, 0.15) is 24.7 Å². The first-order chi connectivity index (χ1) is 16.6. The quantitative estimate of drug-likeness (QED) is 0.140. The van der Waals surface area contributed by atoms with Crippen molar-refractivity contribution in [3.05, 3.63) is 84.0 Å². The van der Waals surface area contributed by atoms with E-state index < -0.39 is 11.9 Å². The predicted molar refractivity (Wildman–Crippen MR) is 132 cm³/mol. The Kier molecular flexibility index (Phi) is 12.7. The number of allylic oxidation sites excluding steroid dienone is 2. The maximum atomic E-state index is 11.8. The van der Waals surface area contributed by atoms with Crippen LogP contribution in [-0.4, -0.2) is 25.2 Å². The molecule has 0 atom stereocenters. The Labute approximate surface area is 202 Å². The van der Waals surface area contributed by atoms with Crippen LogP contribution in [0.4, 0.5) is 0 Å². The van der Waals surface area contributed by atoms with Gasteiger partial charge in [0, 0.05) is 12.2 Å². The topological polar surface area (TPSA) is 71.1 Å². The highest BCUT2D eigenvalue weighted by molar-refractivity contribution is 5.84. The molecule has 0 amide bonds. The summed E-state index contributed by atoms with van der Waals surface area (Å²) in [6.45, 7) is 5.93. The highest BCUT2D eigenvalue weighted by Crippen LogP contribution is 2.14. The van der Waals surface area contributed by atoms with E-state index in [0.717, 1.165) is 48.3 Å². The highest BCUT2D eigenvalue weighted by atomic mass is 16.5. The molecule has 182 valence electrons. The van der Waals surface area contributed by atoms with Gasteiger partial charge in [-0.1, -0.05) is 63.1 Å². The Bertz CT molecular complexity index is 835. The van der Waals surface area contributed by atoms with Crippen LogP contribution in [0.2, 0.25) is 0 Å². The third-order valence-electron chi connectivity index (χ3n) is 4.72. The van der Waals surface area contributed by atoms with Gasteiger partial charge in [-0.2, -0.15) is 0 Å². The van der Waals surface area contributed by atoms with Crippen LogP contribution < -0.4 is 9.47 Å². The molecule has 0 saturated heterocycles. The average molecular weight is 467 g/mol. The SMILES string of the molecule is CCCCOc1ccc(COC(=O)/C=C/C=C/C(=O)OCc2ccc(OCCCC)cc2)cc1. The third-order valence-corrected chi connectivity index (χ3v) is 4.72. The summed E-state index contributed by atoms with van der Waals surface area (Å²) in [5, 5.41) is 0. The van der Waals surface area contributed by atoms with Crippen LogP contribution in [0.3, 0.4) is 0 Å². The van der Waals surface area contributed by atoms with Crippen molar-refractivity contribution in [2.45, 2.75) is 52.7 Å². The minimum Gasteiger partial charge on any atom is -0.494 e. The Hall–Kier alpha value is -3.54. The van der Waals surface area contributed by atoms with Crippen molar-refractivity contribution < 1.29 is 28.5 Å². The fourth-order valence-corrected chi connectivity index (χ4v) is 2.71. The second-order valence-electron chi connectivity index (χ2n) is 7.63. The number of benzene rings is 2. The molecule has 0 aliphatic heterocycles. The van der Waals surface area contributed by atoms with E-state index in [9.17, 15) is 9.59 Å². The van der Waals surface area contributed by atoms with Gasteiger partial charge in [0.15, 0.2) is 0 Å². The van der Waals surface area contributed by atoms with Gasteiger partial charge in [0.2, 0.25) is 0 Å². The molecule has 6 heteroatoms. The summed E-state index contributed by atoms with van der Waals surface area (Å²) in [4.78, 5) is 23.7. The first-order valence-electron chi connectivity index (χ1n) is 11.7. The van der Waals surface area contributed by atoms with Crippen molar-refractivity contribution in [1.29, 1.82) is 0 Å². The highest BCUT2D eigenvalue weighted by Gasteiger charge is 2.01. The number of carbonyl (C=O) groups is 2. The molecule has 0 radical (unpaired) electrons. The molecule has 34 heavy (non-hydrogen) atoms. The van der Waals surface area contributed by atoms with Crippen LogP contribution >= 0.6 is 0 Å². The number of ether oxygens (including phenoxy) is 4. The van der Waals surface area contributed by atoms with Crippen LogP contribution in [0.1, 0.15) is 50.7 Å². The van der Waals surface area contributed by atoms with Gasteiger partial charge in [-0.15, -0.1) is 0 Å². The lowest BCUT2D eigenvalue weighted by atomic mass is 10.2. The third kappa shape index (κ3) is 11.4. The van der Waals surface area contributed by atoms with E-state index in [4.69, 9.17) is 18.9 Å². The van der Waals surface area contributed by atoms with Crippen molar-refractivity contribution in [1.82, 2.24) is 0 Å².